The number of aromatic nitrogens is 2. The predicted molar refractivity (Wildman–Crippen MR) is 103 cm³/mol. The lowest BCUT2D eigenvalue weighted by atomic mass is 10.0. The summed E-state index contributed by atoms with van der Waals surface area (Å²) in [5, 5.41) is 7.57. The lowest BCUT2D eigenvalue weighted by molar-refractivity contribution is 0.0600. The van der Waals surface area contributed by atoms with Gasteiger partial charge in [-0.2, -0.15) is 5.10 Å². The van der Waals surface area contributed by atoms with Gasteiger partial charge in [-0.25, -0.2) is 4.79 Å². The van der Waals surface area contributed by atoms with E-state index >= 15 is 0 Å². The van der Waals surface area contributed by atoms with Gasteiger partial charge in [-0.05, 0) is 31.5 Å². The third-order valence-electron chi connectivity index (χ3n) is 4.45. The normalized spacial score (nSPS) is 13.7. The second-order valence-electron chi connectivity index (χ2n) is 5.80. The van der Waals surface area contributed by atoms with Gasteiger partial charge in [0.15, 0.2) is 0 Å². The lowest BCUT2D eigenvalue weighted by Crippen LogP contribution is -2.30. The molecule has 0 saturated carbocycles. The number of fused-ring (bicyclic) bond motifs is 1. The van der Waals surface area contributed by atoms with Crippen LogP contribution in [0.2, 0.25) is 0 Å². The number of nitrogens with one attached hydrogen (secondary N) is 1. The Morgan fingerprint density at radius 2 is 2.12 bits per heavy atom. The third-order valence-corrected chi connectivity index (χ3v) is 5.58. The Balaban J connectivity index is 0.00000243. The minimum Gasteiger partial charge on any atom is -0.465 e. The second kappa shape index (κ2) is 8.66. The van der Waals surface area contributed by atoms with E-state index in [0.29, 0.717) is 22.8 Å². The lowest BCUT2D eigenvalue weighted by Gasteiger charge is -2.25. The van der Waals surface area contributed by atoms with Crippen LogP contribution in [0.15, 0.2) is 12.3 Å². The van der Waals surface area contributed by atoms with Gasteiger partial charge in [-0.3, -0.25) is 14.4 Å². The number of nitrogens with zero attached hydrogens (tertiary/aromatic N) is 3. The molecule has 0 aliphatic carbocycles. The topological polar surface area (TPSA) is 76.5 Å². The van der Waals surface area contributed by atoms with Crippen molar-refractivity contribution in [3.63, 3.8) is 0 Å². The Morgan fingerprint density at radius 1 is 1.35 bits per heavy atom. The van der Waals surface area contributed by atoms with Crippen molar-refractivity contribution in [2.24, 2.45) is 0 Å². The average Bonchev–Trinajstić information content (AvgIpc) is 3.24. The number of esters is 1. The maximum atomic E-state index is 12.6. The fraction of sp³-hybridized carbons (Fsp3) is 0.471. The van der Waals surface area contributed by atoms with Crippen molar-refractivity contribution in [1.82, 2.24) is 14.7 Å². The molecule has 2 aromatic heterocycles. The predicted octanol–water partition coefficient (Wildman–Crippen LogP) is 2.80. The van der Waals surface area contributed by atoms with Crippen molar-refractivity contribution in [2.75, 3.05) is 25.5 Å². The molecule has 26 heavy (non-hydrogen) atoms. The molecule has 0 radical (unpaired) electrons. The summed E-state index contributed by atoms with van der Waals surface area (Å²) in [6.07, 6.45) is 2.38. The first-order valence-electron chi connectivity index (χ1n) is 8.37. The largest absolute Gasteiger partial charge is 0.465 e. The first kappa shape index (κ1) is 20.4. The van der Waals surface area contributed by atoms with Crippen LogP contribution in [0, 0.1) is 0 Å². The van der Waals surface area contributed by atoms with Crippen molar-refractivity contribution < 1.29 is 14.3 Å². The second-order valence-corrected chi connectivity index (χ2v) is 6.91. The number of anilines is 1. The summed E-state index contributed by atoms with van der Waals surface area (Å²) < 4.78 is 6.58. The molecule has 0 atom stereocenters. The van der Waals surface area contributed by atoms with Gasteiger partial charge < -0.3 is 10.1 Å². The Hall–Kier alpha value is -1.90. The Bertz CT molecular complexity index is 802. The Labute approximate surface area is 162 Å². The fourth-order valence-electron chi connectivity index (χ4n) is 3.08. The van der Waals surface area contributed by atoms with E-state index in [4.69, 9.17) is 4.74 Å². The van der Waals surface area contributed by atoms with Crippen molar-refractivity contribution in [1.29, 1.82) is 0 Å². The molecule has 142 valence electrons. The summed E-state index contributed by atoms with van der Waals surface area (Å²) in [5.74, 6) is -0.669. The van der Waals surface area contributed by atoms with Crippen LogP contribution in [0.1, 0.15) is 45.1 Å². The number of hydrogen-bond acceptors (Lipinski definition) is 6. The van der Waals surface area contributed by atoms with Crippen LogP contribution >= 0.6 is 23.7 Å². The minimum atomic E-state index is -0.401. The van der Waals surface area contributed by atoms with Crippen LogP contribution in [0.5, 0.6) is 0 Å². The van der Waals surface area contributed by atoms with E-state index in [-0.39, 0.29) is 18.3 Å². The van der Waals surface area contributed by atoms with Gasteiger partial charge in [-0.1, -0.05) is 6.92 Å². The van der Waals surface area contributed by atoms with E-state index in [9.17, 15) is 9.59 Å². The zero-order chi connectivity index (χ0) is 18.0. The van der Waals surface area contributed by atoms with E-state index < -0.39 is 5.97 Å². The zero-order valence-corrected chi connectivity index (χ0v) is 16.7. The molecule has 2 aromatic rings. The molecule has 0 aromatic carbocycles. The number of thiophene rings is 1. The van der Waals surface area contributed by atoms with Crippen LogP contribution < -0.4 is 5.32 Å². The van der Waals surface area contributed by atoms with Gasteiger partial charge in [0, 0.05) is 30.7 Å². The number of amides is 1. The quantitative estimate of drug-likeness (QED) is 0.783. The minimum absolute atomic E-state index is 0. The highest BCUT2D eigenvalue weighted by Gasteiger charge is 2.29. The highest BCUT2D eigenvalue weighted by Crippen LogP contribution is 2.37. The summed E-state index contributed by atoms with van der Waals surface area (Å²) in [4.78, 5) is 28.4. The van der Waals surface area contributed by atoms with E-state index in [2.05, 4.69) is 22.2 Å². The van der Waals surface area contributed by atoms with Crippen molar-refractivity contribution in [3.05, 3.63) is 34.0 Å². The molecule has 0 saturated heterocycles. The highest BCUT2D eigenvalue weighted by molar-refractivity contribution is 7.17. The Kier molecular flexibility index (Phi) is 6.80. The summed E-state index contributed by atoms with van der Waals surface area (Å²) in [5.41, 5.74) is 1.97. The summed E-state index contributed by atoms with van der Waals surface area (Å²) in [6, 6.07) is 1.67. The molecule has 1 N–H and O–H groups in total. The van der Waals surface area contributed by atoms with Gasteiger partial charge >= 0.3 is 5.97 Å². The maximum absolute atomic E-state index is 12.6. The summed E-state index contributed by atoms with van der Waals surface area (Å²) >= 11 is 1.46. The fourth-order valence-corrected chi connectivity index (χ4v) is 4.35. The summed E-state index contributed by atoms with van der Waals surface area (Å²) in [6.45, 7) is 7.30. The molecule has 3 heterocycles. The molecule has 0 unspecified atom stereocenters. The maximum Gasteiger partial charge on any atom is 0.341 e. The molecule has 1 aliphatic rings. The third kappa shape index (κ3) is 3.77. The van der Waals surface area contributed by atoms with Gasteiger partial charge in [0.25, 0.3) is 5.91 Å². The zero-order valence-electron chi connectivity index (χ0n) is 15.1. The van der Waals surface area contributed by atoms with Crippen LogP contribution in [-0.2, 0) is 24.2 Å². The number of methoxy groups -OCH3 is 1. The molecule has 7 nitrogen and oxygen atoms in total. The van der Waals surface area contributed by atoms with Crippen LogP contribution in [0.4, 0.5) is 5.00 Å². The van der Waals surface area contributed by atoms with Crippen molar-refractivity contribution >= 4 is 40.6 Å². The number of aryl methyl sites for hydroxylation is 1. The molecule has 3 rings (SSSR count). The molecular formula is C17H23ClN4O3S. The molecule has 0 spiro atoms. The molecular weight excluding hydrogens is 376 g/mol. The number of halogens is 1. The number of carbonyl (C=O) groups excluding carboxylic acids is 2. The van der Waals surface area contributed by atoms with Crippen LogP contribution in [0.25, 0.3) is 0 Å². The molecule has 9 heteroatoms. The van der Waals surface area contributed by atoms with Gasteiger partial charge in [0.2, 0.25) is 0 Å². The van der Waals surface area contributed by atoms with E-state index in [1.807, 2.05) is 6.92 Å². The summed E-state index contributed by atoms with van der Waals surface area (Å²) in [7, 11) is 1.37. The monoisotopic (exact) mass is 398 g/mol. The van der Waals surface area contributed by atoms with E-state index in [1.54, 1.807) is 16.9 Å². The first-order valence-corrected chi connectivity index (χ1v) is 9.19. The number of carbonyl (C=O) groups is 2. The average molecular weight is 399 g/mol. The molecule has 1 amide bonds. The SMILES string of the molecule is CCN1CCc2c(sc(NC(=O)c3ccnn3CC)c2C(=O)OC)C1.Cl. The van der Waals surface area contributed by atoms with E-state index in [0.717, 1.165) is 36.5 Å². The smallest absolute Gasteiger partial charge is 0.341 e. The standard InChI is InChI=1S/C17H22N4O3S.ClH/c1-4-20-9-7-11-13(10-20)25-16(14(11)17(23)24-3)19-15(22)12-6-8-18-21(12)5-2;/h6,8H,4-5,7,9-10H2,1-3H3,(H,19,22);1H. The number of rotatable bonds is 5. The van der Waals surface area contributed by atoms with Crippen molar-refractivity contribution in [2.45, 2.75) is 33.4 Å². The molecule has 0 bridgehead atoms. The molecule has 1 aliphatic heterocycles. The Morgan fingerprint density at radius 3 is 2.77 bits per heavy atom. The first-order chi connectivity index (χ1) is 12.1. The van der Waals surface area contributed by atoms with Crippen molar-refractivity contribution in [3.8, 4) is 0 Å². The van der Waals surface area contributed by atoms with E-state index in [1.165, 1.54) is 18.4 Å². The molecule has 0 fully saturated rings. The number of hydrogen-bond donors (Lipinski definition) is 1. The van der Waals surface area contributed by atoms with Crippen LogP contribution in [0.3, 0.4) is 0 Å². The van der Waals surface area contributed by atoms with Gasteiger partial charge in [0.1, 0.15) is 10.7 Å². The number of ether oxygens (including phenoxy) is 1. The number of likely N-dealkylation sites (N-methyl/N-ethyl adjacent to an activating group) is 1. The highest BCUT2D eigenvalue weighted by atomic mass is 35.5. The van der Waals surface area contributed by atoms with Crippen LogP contribution in [-0.4, -0.2) is 46.8 Å². The van der Waals surface area contributed by atoms with Gasteiger partial charge in [0.05, 0.1) is 12.7 Å². The van der Waals surface area contributed by atoms with Gasteiger partial charge in [-0.15, -0.1) is 23.7 Å².